The zero-order valence-corrected chi connectivity index (χ0v) is 11.5. The Bertz CT molecular complexity index is 328. The van der Waals surface area contributed by atoms with Gasteiger partial charge >= 0.3 is 0 Å². The van der Waals surface area contributed by atoms with E-state index >= 15 is 0 Å². The molecule has 0 bridgehead atoms. The van der Waals surface area contributed by atoms with Crippen LogP contribution in [0.5, 0.6) is 0 Å². The fourth-order valence-electron chi connectivity index (χ4n) is 1.65. The summed E-state index contributed by atoms with van der Waals surface area (Å²) in [6.07, 6.45) is 3.58. The van der Waals surface area contributed by atoms with Crippen molar-refractivity contribution in [1.29, 1.82) is 0 Å². The fourth-order valence-corrected chi connectivity index (χ4v) is 2.03. The highest BCUT2D eigenvalue weighted by Crippen LogP contribution is 2.21. The van der Waals surface area contributed by atoms with Crippen molar-refractivity contribution in [2.24, 2.45) is 0 Å². The van der Waals surface area contributed by atoms with Crippen LogP contribution in [-0.4, -0.2) is 6.54 Å². The minimum atomic E-state index is -0.140. The minimum Gasteiger partial charge on any atom is -0.310 e. The van der Waals surface area contributed by atoms with E-state index in [1.807, 2.05) is 13.0 Å². The maximum atomic E-state index is 13.5. The molecule has 1 N–H and O–H groups in total. The second-order valence-electron chi connectivity index (χ2n) is 4.05. The van der Waals surface area contributed by atoms with Crippen LogP contribution in [0.1, 0.15) is 44.7 Å². The van der Waals surface area contributed by atoms with Crippen molar-refractivity contribution >= 4 is 15.9 Å². The molecule has 1 aromatic rings. The highest BCUT2D eigenvalue weighted by Gasteiger charge is 2.10. The number of hydrogen-bond donors (Lipinski definition) is 1. The Kier molecular flexibility index (Phi) is 5.99. The van der Waals surface area contributed by atoms with Crippen LogP contribution in [-0.2, 0) is 0 Å². The topological polar surface area (TPSA) is 12.0 Å². The van der Waals surface area contributed by atoms with Gasteiger partial charge in [-0.3, -0.25) is 0 Å². The average Bonchev–Trinajstić information content (AvgIpc) is 2.27. The van der Waals surface area contributed by atoms with E-state index in [0.29, 0.717) is 0 Å². The molecule has 90 valence electrons. The van der Waals surface area contributed by atoms with Crippen molar-refractivity contribution in [2.75, 3.05) is 6.54 Å². The first-order chi connectivity index (χ1) is 7.65. The van der Waals surface area contributed by atoms with Crippen molar-refractivity contribution in [2.45, 2.75) is 39.2 Å². The smallest absolute Gasteiger partial charge is 0.128 e. The van der Waals surface area contributed by atoms with E-state index in [4.69, 9.17) is 0 Å². The lowest BCUT2D eigenvalue weighted by molar-refractivity contribution is 0.513. The average molecular weight is 288 g/mol. The van der Waals surface area contributed by atoms with Gasteiger partial charge < -0.3 is 5.32 Å². The third kappa shape index (κ3) is 4.22. The lowest BCUT2D eigenvalue weighted by Gasteiger charge is -2.15. The van der Waals surface area contributed by atoms with Crippen LogP contribution in [0.2, 0.25) is 0 Å². The van der Waals surface area contributed by atoms with Crippen LogP contribution in [0.4, 0.5) is 4.39 Å². The van der Waals surface area contributed by atoms with E-state index in [-0.39, 0.29) is 11.9 Å². The molecular weight excluding hydrogens is 269 g/mol. The monoisotopic (exact) mass is 287 g/mol. The normalized spacial score (nSPS) is 12.8. The zero-order chi connectivity index (χ0) is 12.0. The lowest BCUT2D eigenvalue weighted by atomic mass is 10.1. The quantitative estimate of drug-likeness (QED) is 0.764. The van der Waals surface area contributed by atoms with Crippen LogP contribution >= 0.6 is 15.9 Å². The van der Waals surface area contributed by atoms with Crippen LogP contribution in [0.3, 0.4) is 0 Å². The van der Waals surface area contributed by atoms with E-state index in [1.165, 1.54) is 18.9 Å². The van der Waals surface area contributed by atoms with Crippen molar-refractivity contribution in [3.63, 3.8) is 0 Å². The summed E-state index contributed by atoms with van der Waals surface area (Å²) in [6, 6.07) is 5.13. The van der Waals surface area contributed by atoms with Crippen molar-refractivity contribution in [3.8, 4) is 0 Å². The molecule has 16 heavy (non-hydrogen) atoms. The van der Waals surface area contributed by atoms with Crippen LogP contribution in [0.25, 0.3) is 0 Å². The summed E-state index contributed by atoms with van der Waals surface area (Å²) in [7, 11) is 0. The first-order valence-corrected chi connectivity index (χ1v) is 6.62. The molecule has 1 unspecified atom stereocenters. The largest absolute Gasteiger partial charge is 0.310 e. The van der Waals surface area contributed by atoms with E-state index in [1.54, 1.807) is 6.07 Å². The molecular formula is C13H19BrFN. The summed E-state index contributed by atoms with van der Waals surface area (Å²) in [5, 5.41) is 3.34. The van der Waals surface area contributed by atoms with Gasteiger partial charge in [0, 0.05) is 16.1 Å². The van der Waals surface area contributed by atoms with Gasteiger partial charge in [-0.1, -0.05) is 35.7 Å². The van der Waals surface area contributed by atoms with Gasteiger partial charge in [0.1, 0.15) is 5.82 Å². The van der Waals surface area contributed by atoms with Crippen LogP contribution in [0.15, 0.2) is 22.7 Å². The van der Waals surface area contributed by atoms with E-state index in [9.17, 15) is 4.39 Å². The predicted molar refractivity (Wildman–Crippen MR) is 70.0 cm³/mol. The van der Waals surface area contributed by atoms with Crippen molar-refractivity contribution in [3.05, 3.63) is 34.1 Å². The minimum absolute atomic E-state index is 0.0642. The summed E-state index contributed by atoms with van der Waals surface area (Å²) >= 11 is 3.36. The fraction of sp³-hybridized carbons (Fsp3) is 0.538. The molecule has 0 aliphatic heterocycles. The number of halogens is 2. The Labute approximate surface area is 106 Å². The number of benzene rings is 1. The van der Waals surface area contributed by atoms with Gasteiger partial charge in [0.05, 0.1) is 0 Å². The Morgan fingerprint density at radius 3 is 2.81 bits per heavy atom. The van der Waals surface area contributed by atoms with E-state index in [0.717, 1.165) is 23.0 Å². The molecule has 0 saturated carbocycles. The van der Waals surface area contributed by atoms with Gasteiger partial charge in [-0.05, 0) is 38.1 Å². The first-order valence-electron chi connectivity index (χ1n) is 5.83. The van der Waals surface area contributed by atoms with Gasteiger partial charge in [-0.25, -0.2) is 4.39 Å². The van der Waals surface area contributed by atoms with Gasteiger partial charge in [-0.15, -0.1) is 0 Å². The van der Waals surface area contributed by atoms with Gasteiger partial charge in [0.2, 0.25) is 0 Å². The van der Waals surface area contributed by atoms with Crippen molar-refractivity contribution in [1.82, 2.24) is 5.32 Å². The summed E-state index contributed by atoms with van der Waals surface area (Å²) in [6.45, 7) is 5.12. The highest BCUT2D eigenvalue weighted by molar-refractivity contribution is 9.10. The first kappa shape index (κ1) is 13.7. The van der Waals surface area contributed by atoms with Gasteiger partial charge in [0.15, 0.2) is 0 Å². The molecule has 0 aliphatic rings. The molecule has 0 spiro atoms. The number of hydrogen-bond acceptors (Lipinski definition) is 1. The van der Waals surface area contributed by atoms with E-state index in [2.05, 4.69) is 28.2 Å². The maximum absolute atomic E-state index is 13.5. The molecule has 0 aliphatic carbocycles. The molecule has 1 nitrogen and oxygen atoms in total. The molecule has 1 rings (SSSR count). The van der Waals surface area contributed by atoms with Crippen LogP contribution in [0, 0.1) is 5.82 Å². The summed E-state index contributed by atoms with van der Waals surface area (Å²) in [4.78, 5) is 0. The third-order valence-electron chi connectivity index (χ3n) is 2.66. The highest BCUT2D eigenvalue weighted by atomic mass is 79.9. The Morgan fingerprint density at radius 1 is 1.38 bits per heavy atom. The standard InChI is InChI=1S/C13H19BrFN/c1-3-4-5-8-16-10(2)12-9-11(14)6-7-13(12)15/h6-7,9-10,16H,3-5,8H2,1-2H3. The molecule has 1 aromatic carbocycles. The van der Waals surface area contributed by atoms with E-state index < -0.39 is 0 Å². The molecule has 1 atom stereocenters. The molecule has 3 heteroatoms. The molecule has 0 heterocycles. The van der Waals surface area contributed by atoms with Crippen molar-refractivity contribution < 1.29 is 4.39 Å². The van der Waals surface area contributed by atoms with Gasteiger partial charge in [-0.2, -0.15) is 0 Å². The Balaban J connectivity index is 2.51. The number of rotatable bonds is 6. The second kappa shape index (κ2) is 7.02. The number of nitrogens with one attached hydrogen (secondary N) is 1. The second-order valence-corrected chi connectivity index (χ2v) is 4.96. The Morgan fingerprint density at radius 2 is 2.12 bits per heavy atom. The number of unbranched alkanes of at least 4 members (excludes halogenated alkanes) is 2. The summed E-state index contributed by atoms with van der Waals surface area (Å²) in [5.74, 6) is -0.140. The molecule has 0 amide bonds. The molecule has 0 fully saturated rings. The van der Waals surface area contributed by atoms with Gasteiger partial charge in [0.25, 0.3) is 0 Å². The predicted octanol–water partition coefficient (Wildman–Crippen LogP) is 4.43. The summed E-state index contributed by atoms with van der Waals surface area (Å²) < 4.78 is 14.5. The zero-order valence-electron chi connectivity index (χ0n) is 9.89. The molecule has 0 radical (unpaired) electrons. The SMILES string of the molecule is CCCCCNC(C)c1cc(Br)ccc1F. The molecule has 0 saturated heterocycles. The third-order valence-corrected chi connectivity index (χ3v) is 3.15. The van der Waals surface area contributed by atoms with Crippen LogP contribution < -0.4 is 5.32 Å². The molecule has 0 aromatic heterocycles. The Hall–Kier alpha value is -0.410. The summed E-state index contributed by atoms with van der Waals surface area (Å²) in [5.41, 5.74) is 0.728. The lowest BCUT2D eigenvalue weighted by Crippen LogP contribution is -2.20. The maximum Gasteiger partial charge on any atom is 0.128 e.